The van der Waals surface area contributed by atoms with Gasteiger partial charge < -0.3 is 0 Å². The highest BCUT2D eigenvalue weighted by molar-refractivity contribution is 5.81. The second kappa shape index (κ2) is 4.87. The predicted molar refractivity (Wildman–Crippen MR) is 78.3 cm³/mol. The molecule has 0 saturated heterocycles. The molecule has 0 spiro atoms. The highest BCUT2D eigenvalue weighted by atomic mass is 16.6. The number of aryl methyl sites for hydroxylation is 4. The minimum Gasteiger partial charge on any atom is -0.259 e. The van der Waals surface area contributed by atoms with E-state index in [1.807, 2.05) is 26.1 Å². The summed E-state index contributed by atoms with van der Waals surface area (Å²) in [6.07, 6.45) is 3.38. The smallest absolute Gasteiger partial charge is 0.156 e. The van der Waals surface area contributed by atoms with Crippen molar-refractivity contribution in [1.29, 1.82) is 0 Å². The van der Waals surface area contributed by atoms with Gasteiger partial charge in [-0.05, 0) is 58.4 Å². The molecule has 1 aromatic carbocycles. The molecule has 4 aromatic rings. The van der Waals surface area contributed by atoms with Crippen LogP contribution >= 0.6 is 0 Å². The van der Waals surface area contributed by atoms with E-state index in [-0.39, 0.29) is 0 Å². The zero-order valence-corrected chi connectivity index (χ0v) is 12.2. The van der Waals surface area contributed by atoms with E-state index >= 15 is 0 Å². The molecule has 3 heterocycles. The summed E-state index contributed by atoms with van der Waals surface area (Å²) in [4.78, 5) is 4.35. The molecule has 0 amide bonds. The Balaban J connectivity index is 1.69. The number of hydrogen-bond acceptors (Lipinski definition) is 7. The lowest BCUT2D eigenvalue weighted by atomic mass is 10.0. The summed E-state index contributed by atoms with van der Waals surface area (Å²) < 4.78 is 9.70. The van der Waals surface area contributed by atoms with E-state index in [9.17, 15) is 0 Å². The fourth-order valence-electron chi connectivity index (χ4n) is 2.63. The van der Waals surface area contributed by atoms with E-state index in [0.29, 0.717) is 0 Å². The van der Waals surface area contributed by atoms with Gasteiger partial charge in [0.05, 0.1) is 5.69 Å². The Morgan fingerprint density at radius 3 is 2.23 bits per heavy atom. The molecule has 0 atom stereocenters. The Labute approximate surface area is 125 Å². The summed E-state index contributed by atoms with van der Waals surface area (Å²) in [7, 11) is 0. The van der Waals surface area contributed by atoms with Crippen LogP contribution in [0, 0.1) is 13.8 Å². The monoisotopic (exact) mass is 295 g/mol. The number of nitrogens with zero attached hydrogens (tertiary/aromatic N) is 5. The molecular formula is C15H13N5O2. The van der Waals surface area contributed by atoms with Crippen molar-refractivity contribution >= 4 is 22.1 Å². The molecule has 0 aliphatic rings. The maximum Gasteiger partial charge on any atom is 0.156 e. The minimum absolute atomic E-state index is 0.717. The molecule has 0 radical (unpaired) electrons. The lowest BCUT2D eigenvalue weighted by Crippen LogP contribution is -1.97. The fourth-order valence-corrected chi connectivity index (χ4v) is 2.63. The Morgan fingerprint density at radius 1 is 0.773 bits per heavy atom. The van der Waals surface area contributed by atoms with Crippen LogP contribution in [0.1, 0.15) is 22.4 Å². The van der Waals surface area contributed by atoms with Crippen molar-refractivity contribution in [3.8, 4) is 0 Å². The van der Waals surface area contributed by atoms with Crippen LogP contribution in [0.2, 0.25) is 0 Å². The maximum atomic E-state index is 4.86. The van der Waals surface area contributed by atoms with Crippen molar-refractivity contribution < 1.29 is 9.26 Å². The molecule has 22 heavy (non-hydrogen) atoms. The zero-order chi connectivity index (χ0) is 15.1. The maximum absolute atomic E-state index is 4.86. The van der Waals surface area contributed by atoms with E-state index in [4.69, 9.17) is 9.26 Å². The molecule has 0 N–H and O–H groups in total. The third-order valence-electron chi connectivity index (χ3n) is 3.91. The van der Waals surface area contributed by atoms with Gasteiger partial charge in [-0.25, -0.2) is 9.26 Å². The topological polar surface area (TPSA) is 90.7 Å². The number of aromatic nitrogens is 5. The third kappa shape index (κ3) is 1.93. The van der Waals surface area contributed by atoms with Gasteiger partial charge in [0.2, 0.25) is 0 Å². The molecule has 0 aliphatic heterocycles. The van der Waals surface area contributed by atoms with Gasteiger partial charge in [0, 0.05) is 11.8 Å². The molecular weight excluding hydrogens is 282 g/mol. The van der Waals surface area contributed by atoms with Crippen LogP contribution in [0.25, 0.3) is 22.1 Å². The van der Waals surface area contributed by atoms with Crippen LogP contribution in [-0.4, -0.2) is 25.6 Å². The van der Waals surface area contributed by atoms with E-state index in [1.165, 1.54) is 0 Å². The first-order valence-corrected chi connectivity index (χ1v) is 7.01. The highest BCUT2D eigenvalue weighted by Crippen LogP contribution is 2.22. The second-order valence-corrected chi connectivity index (χ2v) is 5.33. The first-order chi connectivity index (χ1) is 10.7. The van der Waals surface area contributed by atoms with E-state index in [1.54, 1.807) is 0 Å². The van der Waals surface area contributed by atoms with Crippen LogP contribution in [0.3, 0.4) is 0 Å². The molecule has 7 nitrogen and oxygen atoms in total. The van der Waals surface area contributed by atoms with E-state index in [2.05, 4.69) is 31.7 Å². The number of fused-ring (bicyclic) bond motifs is 2. The van der Waals surface area contributed by atoms with Crippen LogP contribution in [0.5, 0.6) is 0 Å². The van der Waals surface area contributed by atoms with Gasteiger partial charge in [-0.2, -0.15) is 0 Å². The molecule has 110 valence electrons. The standard InChI is InChI=1S/C15H13N5O2/c1-8-3-4-10(14-12(8)17-21-19-14)5-6-11-7-16-9(2)13-15(11)20-22-18-13/h3-4,7H,5-6H2,1-2H3. The summed E-state index contributed by atoms with van der Waals surface area (Å²) >= 11 is 0. The predicted octanol–water partition coefficient (Wildman–Crippen LogP) is 2.56. The quantitative estimate of drug-likeness (QED) is 0.573. The van der Waals surface area contributed by atoms with E-state index < -0.39 is 0 Å². The average Bonchev–Trinajstić information content (AvgIpc) is 3.18. The Kier molecular flexibility index (Phi) is 2.85. The molecule has 7 heteroatoms. The summed E-state index contributed by atoms with van der Waals surface area (Å²) in [5, 5.41) is 15.8. The van der Waals surface area contributed by atoms with Crippen LogP contribution in [-0.2, 0) is 12.8 Å². The summed E-state index contributed by atoms with van der Waals surface area (Å²) in [5.74, 6) is 0. The number of rotatable bonds is 3. The normalized spacial score (nSPS) is 11.5. The van der Waals surface area contributed by atoms with Gasteiger partial charge in [-0.3, -0.25) is 4.98 Å². The Bertz CT molecular complexity index is 893. The number of hydrogen-bond donors (Lipinski definition) is 0. The minimum atomic E-state index is 0.717. The molecule has 0 saturated carbocycles. The summed E-state index contributed by atoms with van der Waals surface area (Å²) in [6.45, 7) is 3.88. The van der Waals surface area contributed by atoms with Gasteiger partial charge in [-0.1, -0.05) is 12.1 Å². The van der Waals surface area contributed by atoms with Gasteiger partial charge >= 0.3 is 0 Å². The molecule has 0 bridgehead atoms. The lowest BCUT2D eigenvalue weighted by Gasteiger charge is -2.04. The Hall–Kier alpha value is -2.83. The second-order valence-electron chi connectivity index (χ2n) is 5.33. The van der Waals surface area contributed by atoms with Crippen molar-refractivity contribution in [2.45, 2.75) is 26.7 Å². The van der Waals surface area contributed by atoms with Crippen LogP contribution < -0.4 is 0 Å². The van der Waals surface area contributed by atoms with Crippen molar-refractivity contribution in [1.82, 2.24) is 25.6 Å². The van der Waals surface area contributed by atoms with Gasteiger partial charge in [0.15, 0.2) is 5.52 Å². The van der Waals surface area contributed by atoms with Crippen LogP contribution in [0.4, 0.5) is 0 Å². The largest absolute Gasteiger partial charge is 0.259 e. The van der Waals surface area contributed by atoms with Crippen molar-refractivity contribution in [3.63, 3.8) is 0 Å². The molecule has 0 unspecified atom stereocenters. The van der Waals surface area contributed by atoms with Crippen molar-refractivity contribution in [2.75, 3.05) is 0 Å². The van der Waals surface area contributed by atoms with Crippen molar-refractivity contribution in [3.05, 3.63) is 40.7 Å². The summed E-state index contributed by atoms with van der Waals surface area (Å²) in [6, 6.07) is 4.09. The first kappa shape index (κ1) is 12.9. The van der Waals surface area contributed by atoms with E-state index in [0.717, 1.165) is 57.3 Å². The highest BCUT2D eigenvalue weighted by Gasteiger charge is 2.13. The van der Waals surface area contributed by atoms with Gasteiger partial charge in [0.1, 0.15) is 16.6 Å². The molecule has 0 aliphatic carbocycles. The molecule has 0 fully saturated rings. The molecule has 3 aromatic heterocycles. The van der Waals surface area contributed by atoms with Gasteiger partial charge in [-0.15, -0.1) is 0 Å². The van der Waals surface area contributed by atoms with Gasteiger partial charge in [0.25, 0.3) is 0 Å². The van der Waals surface area contributed by atoms with Crippen molar-refractivity contribution in [2.24, 2.45) is 0 Å². The molecule has 4 rings (SSSR count). The summed E-state index contributed by atoms with van der Waals surface area (Å²) in [5.41, 5.74) is 7.09. The average molecular weight is 295 g/mol. The number of benzene rings is 1. The zero-order valence-electron chi connectivity index (χ0n) is 12.2. The SMILES string of the molecule is Cc1ccc(CCc2cnc(C)c3nonc23)c2nonc12. The van der Waals surface area contributed by atoms with Crippen LogP contribution in [0.15, 0.2) is 27.6 Å². The fraction of sp³-hybridized carbons (Fsp3) is 0.267. The Morgan fingerprint density at radius 2 is 1.41 bits per heavy atom. The number of pyridine rings is 1. The lowest BCUT2D eigenvalue weighted by molar-refractivity contribution is 0.315. The first-order valence-electron chi connectivity index (χ1n) is 7.01. The third-order valence-corrected chi connectivity index (χ3v) is 3.91.